The fourth-order valence-electron chi connectivity index (χ4n) is 1.37. The second kappa shape index (κ2) is 4.86. The van der Waals surface area contributed by atoms with Crippen molar-refractivity contribution in [3.8, 4) is 0 Å². The topological polar surface area (TPSA) is 177 Å². The number of rotatable bonds is 3. The Bertz CT molecular complexity index is 314. The molecule has 17 heavy (non-hydrogen) atoms. The van der Waals surface area contributed by atoms with E-state index in [0.29, 0.717) is 0 Å². The second-order valence-electron chi connectivity index (χ2n) is 3.48. The maximum absolute atomic E-state index is 10.5. The molecule has 1 heterocycles. The van der Waals surface area contributed by atoms with Crippen molar-refractivity contribution in [1.82, 2.24) is 0 Å². The quantitative estimate of drug-likeness (QED) is 0.200. The zero-order valence-corrected chi connectivity index (χ0v) is 9.21. The lowest BCUT2D eigenvalue weighted by atomic mass is 9.98. The minimum atomic E-state index is -5.23. The Balaban J connectivity index is 2.95. The van der Waals surface area contributed by atoms with Crippen LogP contribution in [-0.2, 0) is 13.8 Å². The number of aliphatic hydroxyl groups is 5. The summed E-state index contributed by atoms with van der Waals surface area (Å²) in [5.74, 6) is -3.23. The molecule has 1 fully saturated rings. The third-order valence-electron chi connectivity index (χ3n) is 2.18. The van der Waals surface area contributed by atoms with Gasteiger partial charge >= 0.3 is 13.8 Å². The van der Waals surface area contributed by atoms with Gasteiger partial charge in [-0.15, -0.1) is 0 Å². The number of ether oxygens (including phenoxy) is 1. The van der Waals surface area contributed by atoms with Gasteiger partial charge in [0.25, 0.3) is 0 Å². The second-order valence-corrected chi connectivity index (χ2v) is 4.64. The van der Waals surface area contributed by atoms with Gasteiger partial charge in [-0.05, 0) is 0 Å². The van der Waals surface area contributed by atoms with E-state index in [4.69, 9.17) is 14.9 Å². The Morgan fingerprint density at radius 1 is 1.24 bits per heavy atom. The summed E-state index contributed by atoms with van der Waals surface area (Å²) < 4.78 is 18.8. The van der Waals surface area contributed by atoms with Gasteiger partial charge in [-0.2, -0.15) is 0 Å². The van der Waals surface area contributed by atoms with E-state index in [1.54, 1.807) is 0 Å². The Morgan fingerprint density at radius 2 is 1.76 bits per heavy atom. The Morgan fingerprint density at radius 3 is 2.18 bits per heavy atom. The molecule has 0 amide bonds. The monoisotopic (exact) mass is 276 g/mol. The van der Waals surface area contributed by atoms with Gasteiger partial charge < -0.3 is 40.1 Å². The standard InChI is InChI=1S/C6H13O10P/c7-1-2-3(8)4(9)5(10)6(11,15-2)16-17(12,13)14/h2-5,7-11H,1H2,(H2,12,13,14)/t2-,3-,4+,5-,6?/m1/s1. The van der Waals surface area contributed by atoms with Crippen LogP contribution >= 0.6 is 7.82 Å². The molecule has 1 aliphatic heterocycles. The van der Waals surface area contributed by atoms with Crippen LogP contribution in [-0.4, -0.2) is 72.3 Å². The van der Waals surface area contributed by atoms with Crippen molar-refractivity contribution < 1.29 is 49.1 Å². The molecule has 0 radical (unpaired) electrons. The number of phosphoric acid groups is 1. The van der Waals surface area contributed by atoms with Crippen LogP contribution in [0.25, 0.3) is 0 Å². The summed E-state index contributed by atoms with van der Waals surface area (Å²) in [5, 5.41) is 46.1. The van der Waals surface area contributed by atoms with Crippen LogP contribution in [0.4, 0.5) is 0 Å². The lowest BCUT2D eigenvalue weighted by Gasteiger charge is -2.43. The summed E-state index contributed by atoms with van der Waals surface area (Å²) in [6.07, 6.45) is -7.68. The molecule has 0 aromatic rings. The SMILES string of the molecule is O=P(O)(O)OC1(O)O[C@H](CO)[C@@H](O)[C@H](O)[C@H]1O. The predicted molar refractivity (Wildman–Crippen MR) is 48.1 cm³/mol. The number of hydrogen-bond acceptors (Lipinski definition) is 8. The maximum atomic E-state index is 10.5. The van der Waals surface area contributed by atoms with Crippen molar-refractivity contribution >= 4 is 7.82 Å². The molecular formula is C6H13O10P. The van der Waals surface area contributed by atoms with Crippen LogP contribution in [0.3, 0.4) is 0 Å². The van der Waals surface area contributed by atoms with E-state index in [9.17, 15) is 25.0 Å². The molecule has 1 unspecified atom stereocenters. The molecule has 1 rings (SSSR count). The van der Waals surface area contributed by atoms with Gasteiger partial charge in [0.2, 0.25) is 0 Å². The molecule has 0 saturated carbocycles. The molecule has 0 bridgehead atoms. The van der Waals surface area contributed by atoms with Gasteiger partial charge in [0.05, 0.1) is 6.61 Å². The highest BCUT2D eigenvalue weighted by molar-refractivity contribution is 7.46. The molecule has 0 aliphatic carbocycles. The molecule has 5 atom stereocenters. The van der Waals surface area contributed by atoms with Crippen molar-refractivity contribution in [2.75, 3.05) is 6.61 Å². The first kappa shape index (κ1) is 14.9. The highest BCUT2D eigenvalue weighted by Gasteiger charge is 2.56. The number of hydrogen-bond donors (Lipinski definition) is 7. The Kier molecular flexibility index (Phi) is 4.27. The molecule has 102 valence electrons. The summed E-state index contributed by atoms with van der Waals surface area (Å²) in [6, 6.07) is 0. The molecule has 0 spiro atoms. The van der Waals surface area contributed by atoms with E-state index in [1.165, 1.54) is 0 Å². The zero-order chi connectivity index (χ0) is 13.4. The molecule has 1 aliphatic rings. The van der Waals surface area contributed by atoms with Crippen LogP contribution < -0.4 is 0 Å². The lowest BCUT2D eigenvalue weighted by Crippen LogP contribution is -2.65. The summed E-state index contributed by atoms with van der Waals surface area (Å²) in [7, 11) is -5.23. The van der Waals surface area contributed by atoms with Gasteiger partial charge in [-0.1, -0.05) is 0 Å². The molecule has 1 saturated heterocycles. The third kappa shape index (κ3) is 3.20. The Hall–Kier alpha value is -0.130. The van der Waals surface area contributed by atoms with E-state index in [-0.39, 0.29) is 0 Å². The first-order valence-electron chi connectivity index (χ1n) is 4.42. The number of aliphatic hydroxyl groups excluding tert-OH is 4. The lowest BCUT2D eigenvalue weighted by molar-refractivity contribution is -0.425. The largest absolute Gasteiger partial charge is 0.474 e. The van der Waals surface area contributed by atoms with Crippen LogP contribution in [0.5, 0.6) is 0 Å². The average molecular weight is 276 g/mol. The van der Waals surface area contributed by atoms with Crippen LogP contribution in [0, 0.1) is 0 Å². The van der Waals surface area contributed by atoms with E-state index >= 15 is 0 Å². The van der Waals surface area contributed by atoms with Crippen LogP contribution in [0.15, 0.2) is 0 Å². The Labute approximate surface area is 94.9 Å². The number of phosphoric ester groups is 1. The van der Waals surface area contributed by atoms with Gasteiger partial charge in [-0.25, -0.2) is 9.09 Å². The minimum absolute atomic E-state index is 0.877. The maximum Gasteiger partial charge on any atom is 0.474 e. The normalized spacial score (nSPS) is 43.7. The summed E-state index contributed by atoms with van der Waals surface area (Å²) in [5.41, 5.74) is 0. The van der Waals surface area contributed by atoms with Crippen molar-refractivity contribution in [1.29, 1.82) is 0 Å². The third-order valence-corrected chi connectivity index (χ3v) is 2.68. The van der Waals surface area contributed by atoms with Crippen molar-refractivity contribution in [2.24, 2.45) is 0 Å². The first-order chi connectivity index (χ1) is 7.60. The van der Waals surface area contributed by atoms with Gasteiger partial charge in [0.15, 0.2) is 6.10 Å². The first-order valence-corrected chi connectivity index (χ1v) is 5.95. The van der Waals surface area contributed by atoms with Gasteiger partial charge in [0.1, 0.15) is 18.3 Å². The summed E-state index contributed by atoms with van der Waals surface area (Å²) >= 11 is 0. The fraction of sp³-hybridized carbons (Fsp3) is 1.00. The van der Waals surface area contributed by atoms with E-state index in [0.717, 1.165) is 0 Å². The molecule has 10 nitrogen and oxygen atoms in total. The fourth-order valence-corrected chi connectivity index (χ4v) is 1.86. The van der Waals surface area contributed by atoms with E-state index in [1.807, 2.05) is 0 Å². The summed E-state index contributed by atoms with van der Waals surface area (Å²) in [6.45, 7) is -0.877. The van der Waals surface area contributed by atoms with E-state index < -0.39 is 44.8 Å². The van der Waals surface area contributed by atoms with Crippen molar-refractivity contribution in [3.63, 3.8) is 0 Å². The smallest absolute Gasteiger partial charge is 0.394 e. The minimum Gasteiger partial charge on any atom is -0.394 e. The van der Waals surface area contributed by atoms with Gasteiger partial charge in [0, 0.05) is 0 Å². The molecule has 7 N–H and O–H groups in total. The van der Waals surface area contributed by atoms with Crippen LogP contribution in [0.1, 0.15) is 0 Å². The van der Waals surface area contributed by atoms with Crippen LogP contribution in [0.2, 0.25) is 0 Å². The average Bonchev–Trinajstić information content (AvgIpc) is 2.18. The molecule has 0 aromatic heterocycles. The molecule has 0 aromatic carbocycles. The summed E-state index contributed by atoms with van der Waals surface area (Å²) in [4.78, 5) is 17.0. The predicted octanol–water partition coefficient (Wildman–Crippen LogP) is -3.78. The molecular weight excluding hydrogens is 263 g/mol. The zero-order valence-electron chi connectivity index (χ0n) is 8.32. The van der Waals surface area contributed by atoms with Gasteiger partial charge in [-0.3, -0.25) is 0 Å². The van der Waals surface area contributed by atoms with E-state index in [2.05, 4.69) is 9.26 Å². The highest BCUT2D eigenvalue weighted by Crippen LogP contribution is 2.44. The highest BCUT2D eigenvalue weighted by atomic mass is 31.2. The molecule has 11 heteroatoms. The van der Waals surface area contributed by atoms with Crippen molar-refractivity contribution in [3.05, 3.63) is 0 Å². The van der Waals surface area contributed by atoms with Crippen molar-refractivity contribution in [2.45, 2.75) is 30.4 Å².